The summed E-state index contributed by atoms with van der Waals surface area (Å²) >= 11 is 0. The van der Waals surface area contributed by atoms with Gasteiger partial charge in [-0.1, -0.05) is 6.07 Å². The smallest absolute Gasteiger partial charge is 0.338 e. The van der Waals surface area contributed by atoms with Gasteiger partial charge >= 0.3 is 5.97 Å². The lowest BCUT2D eigenvalue weighted by Gasteiger charge is -2.18. The number of anilines is 1. The van der Waals surface area contributed by atoms with E-state index in [2.05, 4.69) is 5.32 Å². The molecule has 1 amide bonds. The molecule has 3 rings (SSSR count). The number of benzene rings is 2. The van der Waals surface area contributed by atoms with Crippen molar-refractivity contribution in [3.8, 4) is 11.5 Å². The quantitative estimate of drug-likeness (QED) is 0.847. The van der Waals surface area contributed by atoms with E-state index in [9.17, 15) is 9.59 Å². The van der Waals surface area contributed by atoms with E-state index < -0.39 is 0 Å². The number of ether oxygens (including phenoxy) is 3. The SMILES string of the molecule is CCOC(=O)c1ccc(NC(=O)Cc2ccc3c(c2)OCCO3)cc1. The summed E-state index contributed by atoms with van der Waals surface area (Å²) in [7, 11) is 0. The van der Waals surface area contributed by atoms with E-state index in [0.717, 1.165) is 5.56 Å². The van der Waals surface area contributed by atoms with Crippen molar-refractivity contribution in [2.24, 2.45) is 0 Å². The number of fused-ring (bicyclic) bond motifs is 1. The van der Waals surface area contributed by atoms with Crippen molar-refractivity contribution in [2.45, 2.75) is 13.3 Å². The van der Waals surface area contributed by atoms with E-state index in [0.29, 0.717) is 42.6 Å². The largest absolute Gasteiger partial charge is 0.486 e. The van der Waals surface area contributed by atoms with Gasteiger partial charge in [0.2, 0.25) is 5.91 Å². The van der Waals surface area contributed by atoms with Gasteiger partial charge in [-0.3, -0.25) is 4.79 Å². The van der Waals surface area contributed by atoms with Gasteiger partial charge in [0.05, 0.1) is 18.6 Å². The molecule has 0 atom stereocenters. The number of carbonyl (C=O) groups is 2. The topological polar surface area (TPSA) is 73.9 Å². The lowest BCUT2D eigenvalue weighted by Crippen LogP contribution is -2.17. The first-order chi connectivity index (χ1) is 12.2. The standard InChI is InChI=1S/C19H19NO5/c1-2-23-19(22)14-4-6-15(7-5-14)20-18(21)12-13-3-8-16-17(11-13)25-10-9-24-16/h3-8,11H,2,9-10,12H2,1H3,(H,20,21). The molecule has 25 heavy (non-hydrogen) atoms. The zero-order chi connectivity index (χ0) is 17.6. The predicted molar refractivity (Wildman–Crippen MR) is 92.2 cm³/mol. The maximum Gasteiger partial charge on any atom is 0.338 e. The van der Waals surface area contributed by atoms with Gasteiger partial charge < -0.3 is 19.5 Å². The lowest BCUT2D eigenvalue weighted by molar-refractivity contribution is -0.115. The number of rotatable bonds is 5. The van der Waals surface area contributed by atoms with Crippen LogP contribution in [0, 0.1) is 0 Å². The van der Waals surface area contributed by atoms with Gasteiger partial charge in [0.15, 0.2) is 11.5 Å². The summed E-state index contributed by atoms with van der Waals surface area (Å²) in [6, 6.07) is 12.1. The zero-order valence-corrected chi connectivity index (χ0v) is 13.9. The number of nitrogens with one attached hydrogen (secondary N) is 1. The molecule has 0 radical (unpaired) electrons. The highest BCUT2D eigenvalue weighted by Crippen LogP contribution is 2.30. The Balaban J connectivity index is 1.60. The highest BCUT2D eigenvalue weighted by Gasteiger charge is 2.13. The molecule has 1 heterocycles. The molecular formula is C19H19NO5. The molecule has 1 aliphatic rings. The van der Waals surface area contributed by atoms with Crippen LogP contribution in [-0.2, 0) is 16.0 Å². The Morgan fingerprint density at radius 3 is 2.48 bits per heavy atom. The van der Waals surface area contributed by atoms with Crippen LogP contribution in [0.15, 0.2) is 42.5 Å². The van der Waals surface area contributed by atoms with Crippen LogP contribution >= 0.6 is 0 Å². The Labute approximate surface area is 145 Å². The molecule has 130 valence electrons. The van der Waals surface area contributed by atoms with E-state index in [1.807, 2.05) is 18.2 Å². The summed E-state index contributed by atoms with van der Waals surface area (Å²) in [6.07, 6.45) is 0.219. The third kappa shape index (κ3) is 4.29. The van der Waals surface area contributed by atoms with Crippen molar-refractivity contribution >= 4 is 17.6 Å². The van der Waals surface area contributed by atoms with Gasteiger partial charge in [0, 0.05) is 5.69 Å². The molecule has 0 bridgehead atoms. The molecule has 0 aliphatic carbocycles. The summed E-state index contributed by atoms with van der Waals surface area (Å²) < 4.78 is 15.9. The summed E-state index contributed by atoms with van der Waals surface area (Å²) in [4.78, 5) is 23.8. The minimum Gasteiger partial charge on any atom is -0.486 e. The molecule has 2 aromatic rings. The van der Waals surface area contributed by atoms with E-state index in [4.69, 9.17) is 14.2 Å². The summed E-state index contributed by atoms with van der Waals surface area (Å²) in [5.74, 6) is 0.831. The van der Waals surface area contributed by atoms with Crippen LogP contribution in [0.3, 0.4) is 0 Å². The number of esters is 1. The molecule has 2 aromatic carbocycles. The van der Waals surface area contributed by atoms with E-state index in [1.54, 1.807) is 31.2 Å². The molecule has 0 spiro atoms. The summed E-state index contributed by atoms with van der Waals surface area (Å²) in [5, 5.41) is 2.81. The Bertz CT molecular complexity index is 770. The summed E-state index contributed by atoms with van der Waals surface area (Å²) in [6.45, 7) is 3.13. The van der Waals surface area contributed by atoms with Crippen molar-refractivity contribution in [2.75, 3.05) is 25.1 Å². The monoisotopic (exact) mass is 341 g/mol. The minimum absolute atomic E-state index is 0.152. The van der Waals surface area contributed by atoms with Crippen molar-refractivity contribution in [3.05, 3.63) is 53.6 Å². The molecule has 6 nitrogen and oxygen atoms in total. The fourth-order valence-corrected chi connectivity index (χ4v) is 2.49. The van der Waals surface area contributed by atoms with Gasteiger partial charge in [0.1, 0.15) is 13.2 Å². The molecular weight excluding hydrogens is 322 g/mol. The van der Waals surface area contributed by atoms with Gasteiger partial charge in [-0.2, -0.15) is 0 Å². The minimum atomic E-state index is -0.378. The second-order valence-corrected chi connectivity index (χ2v) is 5.50. The van der Waals surface area contributed by atoms with Gasteiger partial charge in [-0.05, 0) is 48.9 Å². The number of amides is 1. The number of hydrogen-bond donors (Lipinski definition) is 1. The lowest BCUT2D eigenvalue weighted by atomic mass is 10.1. The molecule has 0 aromatic heterocycles. The highest BCUT2D eigenvalue weighted by molar-refractivity contribution is 5.94. The predicted octanol–water partition coefficient (Wildman–Crippen LogP) is 2.82. The van der Waals surface area contributed by atoms with Crippen LogP contribution in [0.5, 0.6) is 11.5 Å². The molecule has 1 aliphatic heterocycles. The average molecular weight is 341 g/mol. The van der Waals surface area contributed by atoms with E-state index in [-0.39, 0.29) is 18.3 Å². The average Bonchev–Trinajstić information content (AvgIpc) is 2.62. The Morgan fingerprint density at radius 2 is 1.76 bits per heavy atom. The van der Waals surface area contributed by atoms with Crippen LogP contribution in [0.25, 0.3) is 0 Å². The first-order valence-corrected chi connectivity index (χ1v) is 8.11. The van der Waals surface area contributed by atoms with Crippen molar-refractivity contribution in [1.29, 1.82) is 0 Å². The van der Waals surface area contributed by atoms with Crippen LogP contribution in [0.4, 0.5) is 5.69 Å². The molecule has 0 saturated carbocycles. The van der Waals surface area contributed by atoms with E-state index in [1.165, 1.54) is 0 Å². The van der Waals surface area contributed by atoms with E-state index >= 15 is 0 Å². The molecule has 0 saturated heterocycles. The van der Waals surface area contributed by atoms with Gasteiger partial charge in [0.25, 0.3) is 0 Å². The Morgan fingerprint density at radius 1 is 1.04 bits per heavy atom. The summed E-state index contributed by atoms with van der Waals surface area (Å²) in [5.41, 5.74) is 1.91. The number of carbonyl (C=O) groups excluding carboxylic acids is 2. The van der Waals surface area contributed by atoms with Crippen molar-refractivity contribution in [3.63, 3.8) is 0 Å². The molecule has 1 N–H and O–H groups in total. The van der Waals surface area contributed by atoms with Crippen molar-refractivity contribution in [1.82, 2.24) is 0 Å². The molecule has 0 fully saturated rings. The zero-order valence-electron chi connectivity index (χ0n) is 13.9. The first kappa shape index (κ1) is 16.8. The maximum atomic E-state index is 12.2. The normalized spacial score (nSPS) is 12.4. The second-order valence-electron chi connectivity index (χ2n) is 5.50. The van der Waals surface area contributed by atoms with Crippen LogP contribution in [0.1, 0.15) is 22.8 Å². The third-order valence-corrected chi connectivity index (χ3v) is 3.65. The third-order valence-electron chi connectivity index (χ3n) is 3.65. The van der Waals surface area contributed by atoms with Gasteiger partial charge in [-0.25, -0.2) is 4.79 Å². The van der Waals surface area contributed by atoms with Crippen LogP contribution in [0.2, 0.25) is 0 Å². The van der Waals surface area contributed by atoms with Crippen LogP contribution < -0.4 is 14.8 Å². The fraction of sp³-hybridized carbons (Fsp3) is 0.263. The van der Waals surface area contributed by atoms with Crippen LogP contribution in [-0.4, -0.2) is 31.7 Å². The van der Waals surface area contributed by atoms with Gasteiger partial charge in [-0.15, -0.1) is 0 Å². The molecule has 6 heteroatoms. The number of hydrogen-bond acceptors (Lipinski definition) is 5. The molecule has 0 unspecified atom stereocenters. The van der Waals surface area contributed by atoms with Crippen molar-refractivity contribution < 1.29 is 23.8 Å². The second kappa shape index (κ2) is 7.70. The Hall–Kier alpha value is -3.02. The maximum absolute atomic E-state index is 12.2. The Kier molecular flexibility index (Phi) is 5.18. The highest BCUT2D eigenvalue weighted by atomic mass is 16.6. The first-order valence-electron chi connectivity index (χ1n) is 8.11. The fourth-order valence-electron chi connectivity index (χ4n) is 2.49.